The van der Waals surface area contributed by atoms with E-state index in [2.05, 4.69) is 4.90 Å². The van der Waals surface area contributed by atoms with Gasteiger partial charge in [-0.2, -0.15) is 0 Å². The molecule has 0 unspecified atom stereocenters. The molecule has 1 aliphatic heterocycles. The van der Waals surface area contributed by atoms with Gasteiger partial charge in [0.15, 0.2) is 0 Å². The van der Waals surface area contributed by atoms with Crippen LogP contribution in [-0.2, 0) is 4.74 Å². The lowest BCUT2D eigenvalue weighted by atomic mass is 9.97. The maximum Gasteiger partial charge on any atom is 0.410 e. The molecular formula is C14H29N3O2. The number of carbonyl (C=O) groups is 1. The minimum Gasteiger partial charge on any atom is -0.444 e. The van der Waals surface area contributed by atoms with Crippen LogP contribution in [0.4, 0.5) is 4.79 Å². The van der Waals surface area contributed by atoms with E-state index >= 15 is 0 Å². The highest BCUT2D eigenvalue weighted by Crippen LogP contribution is 2.18. The van der Waals surface area contributed by atoms with Crippen molar-refractivity contribution in [1.29, 1.82) is 0 Å². The molecule has 0 aromatic carbocycles. The maximum atomic E-state index is 11.9. The number of hydrogen-bond donors (Lipinski definition) is 1. The van der Waals surface area contributed by atoms with Gasteiger partial charge >= 0.3 is 6.09 Å². The smallest absolute Gasteiger partial charge is 0.410 e. The summed E-state index contributed by atoms with van der Waals surface area (Å²) in [5.41, 5.74) is 5.17. The Bertz CT molecular complexity index is 287. The summed E-state index contributed by atoms with van der Waals surface area (Å²) in [6, 6.07) is 0. The van der Waals surface area contributed by atoms with Crippen molar-refractivity contribution in [2.24, 2.45) is 11.7 Å². The summed E-state index contributed by atoms with van der Waals surface area (Å²) in [4.78, 5) is 16.0. The minimum absolute atomic E-state index is 0.233. The highest BCUT2D eigenvalue weighted by molar-refractivity contribution is 5.67. The first-order valence-corrected chi connectivity index (χ1v) is 7.18. The van der Waals surface area contributed by atoms with E-state index in [4.69, 9.17) is 10.5 Å². The molecule has 112 valence electrons. The van der Waals surface area contributed by atoms with E-state index in [9.17, 15) is 4.79 Å². The Labute approximate surface area is 117 Å². The van der Waals surface area contributed by atoms with Gasteiger partial charge in [0, 0.05) is 33.2 Å². The molecule has 1 heterocycles. The molecule has 1 fully saturated rings. The Kier molecular flexibility index (Phi) is 6.07. The first-order valence-electron chi connectivity index (χ1n) is 7.18. The summed E-state index contributed by atoms with van der Waals surface area (Å²) in [6.07, 6.45) is 2.13. The second kappa shape index (κ2) is 7.10. The molecule has 1 atom stereocenters. The van der Waals surface area contributed by atoms with Gasteiger partial charge in [0.05, 0.1) is 0 Å². The molecule has 1 rings (SSSR count). The molecule has 0 spiro atoms. The Balaban J connectivity index is 2.39. The monoisotopic (exact) mass is 271 g/mol. The SMILES string of the molecule is CN(C[C@@H]1CCCN(CCN)C1)C(=O)OC(C)(C)C. The van der Waals surface area contributed by atoms with Crippen LogP contribution < -0.4 is 5.73 Å². The quantitative estimate of drug-likeness (QED) is 0.842. The van der Waals surface area contributed by atoms with Crippen molar-refractivity contribution in [1.82, 2.24) is 9.80 Å². The molecule has 0 aliphatic carbocycles. The van der Waals surface area contributed by atoms with Gasteiger partial charge in [0.1, 0.15) is 5.60 Å². The summed E-state index contributed by atoms with van der Waals surface area (Å²) in [5, 5.41) is 0. The number of ether oxygens (including phenoxy) is 1. The molecule has 19 heavy (non-hydrogen) atoms. The Morgan fingerprint density at radius 2 is 2.16 bits per heavy atom. The van der Waals surface area contributed by atoms with Crippen LogP contribution >= 0.6 is 0 Å². The number of rotatable bonds is 4. The fourth-order valence-electron chi connectivity index (χ4n) is 2.49. The normalized spacial score (nSPS) is 21.2. The van der Waals surface area contributed by atoms with Crippen LogP contribution in [0.15, 0.2) is 0 Å². The van der Waals surface area contributed by atoms with Gasteiger partial charge in [-0.05, 0) is 46.1 Å². The largest absolute Gasteiger partial charge is 0.444 e. The van der Waals surface area contributed by atoms with Crippen molar-refractivity contribution in [2.75, 3.05) is 39.8 Å². The van der Waals surface area contributed by atoms with E-state index in [1.165, 1.54) is 12.8 Å². The predicted octanol–water partition coefficient (Wildman–Crippen LogP) is 1.52. The average molecular weight is 271 g/mol. The van der Waals surface area contributed by atoms with E-state index < -0.39 is 5.60 Å². The summed E-state index contributed by atoms with van der Waals surface area (Å²) in [7, 11) is 1.82. The van der Waals surface area contributed by atoms with Crippen LogP contribution in [0.3, 0.4) is 0 Å². The van der Waals surface area contributed by atoms with Crippen molar-refractivity contribution >= 4 is 6.09 Å². The number of hydrogen-bond acceptors (Lipinski definition) is 4. The predicted molar refractivity (Wildman–Crippen MR) is 77.1 cm³/mol. The van der Waals surface area contributed by atoms with Crippen LogP contribution in [0, 0.1) is 5.92 Å². The zero-order valence-electron chi connectivity index (χ0n) is 12.8. The van der Waals surface area contributed by atoms with E-state index in [1.54, 1.807) is 4.90 Å². The zero-order chi connectivity index (χ0) is 14.5. The van der Waals surface area contributed by atoms with E-state index in [0.29, 0.717) is 12.5 Å². The van der Waals surface area contributed by atoms with Gasteiger partial charge in [-0.15, -0.1) is 0 Å². The molecule has 1 saturated heterocycles. The van der Waals surface area contributed by atoms with Gasteiger partial charge in [-0.1, -0.05) is 0 Å². The number of nitrogens with two attached hydrogens (primary N) is 1. The van der Waals surface area contributed by atoms with Gasteiger partial charge < -0.3 is 20.3 Å². The number of carbonyl (C=O) groups excluding carboxylic acids is 1. The van der Waals surface area contributed by atoms with E-state index in [-0.39, 0.29) is 6.09 Å². The Morgan fingerprint density at radius 1 is 1.47 bits per heavy atom. The highest BCUT2D eigenvalue weighted by Gasteiger charge is 2.24. The van der Waals surface area contributed by atoms with Crippen molar-refractivity contribution in [3.8, 4) is 0 Å². The zero-order valence-corrected chi connectivity index (χ0v) is 12.8. The molecular weight excluding hydrogens is 242 g/mol. The molecule has 5 heteroatoms. The lowest BCUT2D eigenvalue weighted by Gasteiger charge is -2.34. The Morgan fingerprint density at radius 3 is 2.74 bits per heavy atom. The fraction of sp³-hybridized carbons (Fsp3) is 0.929. The molecule has 0 bridgehead atoms. The van der Waals surface area contributed by atoms with Crippen LogP contribution in [0.5, 0.6) is 0 Å². The van der Waals surface area contributed by atoms with Gasteiger partial charge in [-0.3, -0.25) is 0 Å². The van der Waals surface area contributed by atoms with Crippen LogP contribution in [0.2, 0.25) is 0 Å². The third kappa shape index (κ3) is 6.25. The standard InChI is InChI=1S/C14H29N3O2/c1-14(2,3)19-13(18)16(4)10-12-6-5-8-17(11-12)9-7-15/h12H,5-11,15H2,1-4H3/t12-/m0/s1. The molecule has 0 saturated carbocycles. The summed E-state index contributed by atoms with van der Waals surface area (Å²) in [5.74, 6) is 0.526. The molecule has 0 aromatic rings. The van der Waals surface area contributed by atoms with E-state index in [1.807, 2.05) is 27.8 Å². The molecule has 1 aliphatic rings. The summed E-state index contributed by atoms with van der Waals surface area (Å²) < 4.78 is 5.37. The third-order valence-electron chi connectivity index (χ3n) is 3.29. The van der Waals surface area contributed by atoms with Crippen molar-refractivity contribution in [3.05, 3.63) is 0 Å². The van der Waals surface area contributed by atoms with Crippen molar-refractivity contribution in [3.63, 3.8) is 0 Å². The number of nitrogens with zero attached hydrogens (tertiary/aromatic N) is 2. The van der Waals surface area contributed by atoms with Gasteiger partial charge in [0.2, 0.25) is 0 Å². The molecule has 1 amide bonds. The van der Waals surface area contributed by atoms with Crippen molar-refractivity contribution in [2.45, 2.75) is 39.2 Å². The average Bonchev–Trinajstić information content (AvgIpc) is 2.27. The topological polar surface area (TPSA) is 58.8 Å². The molecule has 5 nitrogen and oxygen atoms in total. The molecule has 0 aromatic heterocycles. The van der Waals surface area contributed by atoms with Crippen LogP contribution in [0.1, 0.15) is 33.6 Å². The number of likely N-dealkylation sites (tertiary alicyclic amines) is 1. The Hall–Kier alpha value is -0.810. The van der Waals surface area contributed by atoms with Crippen molar-refractivity contribution < 1.29 is 9.53 Å². The lowest BCUT2D eigenvalue weighted by Crippen LogP contribution is -2.44. The highest BCUT2D eigenvalue weighted by atomic mass is 16.6. The summed E-state index contributed by atoms with van der Waals surface area (Å²) in [6.45, 7) is 10.2. The summed E-state index contributed by atoms with van der Waals surface area (Å²) >= 11 is 0. The maximum absolute atomic E-state index is 11.9. The second-order valence-corrected chi connectivity index (χ2v) is 6.46. The second-order valence-electron chi connectivity index (χ2n) is 6.46. The first kappa shape index (κ1) is 16.2. The van der Waals surface area contributed by atoms with E-state index in [0.717, 1.165) is 26.2 Å². The number of amides is 1. The van der Waals surface area contributed by atoms with Crippen LogP contribution in [0.25, 0.3) is 0 Å². The fourth-order valence-corrected chi connectivity index (χ4v) is 2.49. The van der Waals surface area contributed by atoms with Crippen LogP contribution in [-0.4, -0.2) is 61.3 Å². The lowest BCUT2D eigenvalue weighted by molar-refractivity contribution is 0.0244. The van der Waals surface area contributed by atoms with Gasteiger partial charge in [-0.25, -0.2) is 4.79 Å². The molecule has 2 N–H and O–H groups in total. The minimum atomic E-state index is -0.427. The first-order chi connectivity index (χ1) is 8.81. The molecule has 0 radical (unpaired) electrons. The third-order valence-corrected chi connectivity index (χ3v) is 3.29. The number of piperidine rings is 1. The van der Waals surface area contributed by atoms with Gasteiger partial charge in [0.25, 0.3) is 0 Å².